The summed E-state index contributed by atoms with van der Waals surface area (Å²) in [4.78, 5) is 15.3. The predicted molar refractivity (Wildman–Crippen MR) is 94.9 cm³/mol. The molecular weight excluding hydrogens is 343 g/mol. The molecule has 0 spiro atoms. The Bertz CT molecular complexity index is 918. The number of benzene rings is 2. The van der Waals surface area contributed by atoms with Crippen LogP contribution in [0.25, 0.3) is 10.9 Å². The molecule has 0 aliphatic heterocycles. The van der Waals surface area contributed by atoms with Crippen LogP contribution < -0.4 is 10.6 Å². The van der Waals surface area contributed by atoms with Crippen molar-refractivity contribution < 1.29 is 18.0 Å². The van der Waals surface area contributed by atoms with Crippen LogP contribution in [0.5, 0.6) is 0 Å². The van der Waals surface area contributed by atoms with Gasteiger partial charge in [0.15, 0.2) is 0 Å². The number of halogens is 3. The van der Waals surface area contributed by atoms with Gasteiger partial charge in [0.05, 0.1) is 11.6 Å². The lowest BCUT2D eigenvalue weighted by molar-refractivity contribution is -0.137. The summed E-state index contributed by atoms with van der Waals surface area (Å²) >= 11 is 0. The van der Waals surface area contributed by atoms with Gasteiger partial charge in [-0.1, -0.05) is 19.1 Å². The van der Waals surface area contributed by atoms with E-state index in [9.17, 15) is 18.0 Å². The van der Waals surface area contributed by atoms with Crippen molar-refractivity contribution in [3.8, 4) is 0 Å². The van der Waals surface area contributed by atoms with Crippen LogP contribution in [0.1, 0.15) is 30.5 Å². The maximum atomic E-state index is 12.9. The molecule has 0 aliphatic carbocycles. The van der Waals surface area contributed by atoms with E-state index in [1.807, 2.05) is 18.2 Å². The van der Waals surface area contributed by atoms with Gasteiger partial charge in [0.2, 0.25) is 0 Å². The smallest absolute Gasteiger partial charge is 0.361 e. The highest BCUT2D eigenvalue weighted by Crippen LogP contribution is 2.31. The topological polar surface area (TPSA) is 56.9 Å². The molecule has 0 saturated heterocycles. The van der Waals surface area contributed by atoms with Crippen molar-refractivity contribution in [3.63, 3.8) is 0 Å². The van der Waals surface area contributed by atoms with Crippen LogP contribution in [-0.2, 0) is 6.18 Å². The fourth-order valence-electron chi connectivity index (χ4n) is 2.81. The molecule has 3 aromatic rings. The van der Waals surface area contributed by atoms with Crippen LogP contribution in [0.15, 0.2) is 54.7 Å². The molecule has 1 heterocycles. The van der Waals surface area contributed by atoms with Crippen molar-refractivity contribution in [2.24, 2.45) is 0 Å². The second kappa shape index (κ2) is 7.11. The number of anilines is 1. The largest absolute Gasteiger partial charge is 0.416 e. The standard InChI is InChI=1S/C19H18F3N3O/c1-2-16(12-4-3-5-14(10-12)19(20,21)22)25-18(26)24-15-6-7-17-13(11-15)8-9-23-17/h3-11,16,23H,2H2,1H3,(H2,24,25,26). The van der Waals surface area contributed by atoms with Crippen molar-refractivity contribution >= 4 is 22.6 Å². The van der Waals surface area contributed by atoms with Gasteiger partial charge in [-0.25, -0.2) is 4.79 Å². The average molecular weight is 361 g/mol. The number of aromatic amines is 1. The molecule has 2 amide bonds. The first-order valence-electron chi connectivity index (χ1n) is 8.18. The molecule has 2 aromatic carbocycles. The van der Waals surface area contributed by atoms with Crippen molar-refractivity contribution in [2.45, 2.75) is 25.6 Å². The first-order chi connectivity index (χ1) is 12.4. The molecule has 3 N–H and O–H groups in total. The maximum absolute atomic E-state index is 12.9. The third kappa shape index (κ3) is 3.99. The normalized spacial score (nSPS) is 12.8. The maximum Gasteiger partial charge on any atom is 0.416 e. The number of hydrogen-bond acceptors (Lipinski definition) is 1. The minimum Gasteiger partial charge on any atom is -0.361 e. The summed E-state index contributed by atoms with van der Waals surface area (Å²) in [6.07, 6.45) is -2.15. The van der Waals surface area contributed by atoms with Gasteiger partial charge in [0.25, 0.3) is 0 Å². The summed E-state index contributed by atoms with van der Waals surface area (Å²) in [5.41, 5.74) is 1.24. The number of carbonyl (C=O) groups excluding carboxylic acids is 1. The molecule has 7 heteroatoms. The third-order valence-electron chi connectivity index (χ3n) is 4.14. The van der Waals surface area contributed by atoms with Gasteiger partial charge in [-0.05, 0) is 48.4 Å². The van der Waals surface area contributed by atoms with Gasteiger partial charge in [-0.2, -0.15) is 13.2 Å². The van der Waals surface area contributed by atoms with E-state index in [-0.39, 0.29) is 0 Å². The van der Waals surface area contributed by atoms with Crippen LogP contribution in [-0.4, -0.2) is 11.0 Å². The molecule has 4 nitrogen and oxygen atoms in total. The lowest BCUT2D eigenvalue weighted by atomic mass is 10.0. The monoisotopic (exact) mass is 361 g/mol. The lowest BCUT2D eigenvalue weighted by Gasteiger charge is -2.19. The van der Waals surface area contributed by atoms with Crippen molar-refractivity contribution in [1.29, 1.82) is 0 Å². The highest BCUT2D eigenvalue weighted by atomic mass is 19.4. The number of rotatable bonds is 4. The Morgan fingerprint density at radius 3 is 2.69 bits per heavy atom. The van der Waals surface area contributed by atoms with Crippen LogP contribution in [0.2, 0.25) is 0 Å². The Labute approximate surface area is 148 Å². The molecule has 0 saturated carbocycles. The molecule has 3 rings (SSSR count). The minimum absolute atomic E-state index is 0.415. The highest BCUT2D eigenvalue weighted by molar-refractivity contribution is 5.92. The zero-order valence-electron chi connectivity index (χ0n) is 14.0. The van der Waals surface area contributed by atoms with Crippen molar-refractivity contribution in [1.82, 2.24) is 10.3 Å². The number of carbonyl (C=O) groups is 1. The molecular formula is C19H18F3N3O. The molecule has 1 atom stereocenters. The molecule has 0 fully saturated rings. The number of hydrogen-bond donors (Lipinski definition) is 3. The number of fused-ring (bicyclic) bond motifs is 1. The second-order valence-electron chi connectivity index (χ2n) is 5.96. The quantitative estimate of drug-likeness (QED) is 0.568. The molecule has 1 aromatic heterocycles. The Morgan fingerprint density at radius 1 is 1.15 bits per heavy atom. The minimum atomic E-state index is -4.41. The van der Waals surface area contributed by atoms with Gasteiger partial charge in [0, 0.05) is 22.8 Å². The Balaban J connectivity index is 1.72. The van der Waals surface area contributed by atoms with E-state index in [2.05, 4.69) is 15.6 Å². The summed E-state index contributed by atoms with van der Waals surface area (Å²) in [6, 6.07) is 11.3. The zero-order valence-corrected chi connectivity index (χ0v) is 14.0. The molecule has 1 unspecified atom stereocenters. The van der Waals surface area contributed by atoms with E-state index >= 15 is 0 Å². The summed E-state index contributed by atoms with van der Waals surface area (Å²) in [7, 11) is 0. The zero-order chi connectivity index (χ0) is 18.7. The summed E-state index contributed by atoms with van der Waals surface area (Å²) in [5.74, 6) is 0. The molecule has 0 radical (unpaired) electrons. The average Bonchev–Trinajstić information content (AvgIpc) is 3.07. The number of nitrogens with one attached hydrogen (secondary N) is 3. The van der Waals surface area contributed by atoms with Crippen LogP contribution in [0.3, 0.4) is 0 Å². The van der Waals surface area contributed by atoms with E-state index in [1.54, 1.807) is 25.3 Å². The van der Waals surface area contributed by atoms with E-state index in [1.165, 1.54) is 6.07 Å². The van der Waals surface area contributed by atoms with E-state index < -0.39 is 23.8 Å². The van der Waals surface area contributed by atoms with Crippen molar-refractivity contribution in [2.75, 3.05) is 5.32 Å². The lowest BCUT2D eigenvalue weighted by Crippen LogP contribution is -2.32. The number of amides is 2. The number of H-pyrrole nitrogens is 1. The van der Waals surface area contributed by atoms with Crippen LogP contribution in [0.4, 0.5) is 23.7 Å². The first-order valence-corrected chi connectivity index (χ1v) is 8.18. The molecule has 26 heavy (non-hydrogen) atoms. The number of urea groups is 1. The van der Waals surface area contributed by atoms with Gasteiger partial charge >= 0.3 is 12.2 Å². The van der Waals surface area contributed by atoms with Gasteiger partial charge in [-0.3, -0.25) is 0 Å². The van der Waals surface area contributed by atoms with E-state index in [0.717, 1.165) is 23.0 Å². The second-order valence-corrected chi connectivity index (χ2v) is 5.96. The van der Waals surface area contributed by atoms with Crippen LogP contribution >= 0.6 is 0 Å². The molecule has 0 bridgehead atoms. The Morgan fingerprint density at radius 2 is 1.96 bits per heavy atom. The highest BCUT2D eigenvalue weighted by Gasteiger charge is 2.31. The number of alkyl halides is 3. The molecule has 0 aliphatic rings. The third-order valence-corrected chi connectivity index (χ3v) is 4.14. The van der Waals surface area contributed by atoms with E-state index in [4.69, 9.17) is 0 Å². The fourth-order valence-corrected chi connectivity index (χ4v) is 2.81. The van der Waals surface area contributed by atoms with Gasteiger partial charge in [0.1, 0.15) is 0 Å². The van der Waals surface area contributed by atoms with Crippen LogP contribution in [0, 0.1) is 0 Å². The van der Waals surface area contributed by atoms with Gasteiger partial charge in [-0.15, -0.1) is 0 Å². The van der Waals surface area contributed by atoms with Gasteiger partial charge < -0.3 is 15.6 Å². The predicted octanol–water partition coefficient (Wildman–Crippen LogP) is 5.46. The summed E-state index contributed by atoms with van der Waals surface area (Å²) in [6.45, 7) is 1.80. The van der Waals surface area contributed by atoms with Crippen molar-refractivity contribution in [3.05, 3.63) is 65.9 Å². The summed E-state index contributed by atoms with van der Waals surface area (Å²) in [5, 5.41) is 6.40. The SMILES string of the molecule is CCC(NC(=O)Nc1ccc2[nH]ccc2c1)c1cccc(C(F)(F)F)c1. The summed E-state index contributed by atoms with van der Waals surface area (Å²) < 4.78 is 38.7. The Kier molecular flexibility index (Phi) is 4.88. The number of aromatic nitrogens is 1. The molecule has 136 valence electrons. The fraction of sp³-hybridized carbons (Fsp3) is 0.211. The Hall–Kier alpha value is -2.96. The first kappa shape index (κ1) is 17.8. The van der Waals surface area contributed by atoms with E-state index in [0.29, 0.717) is 17.7 Å².